The number of benzene rings is 1. The number of amides is 2. The number of fused-ring (bicyclic) bond motifs is 1. The fourth-order valence-electron chi connectivity index (χ4n) is 3.12. The van der Waals surface area contributed by atoms with Gasteiger partial charge in [-0.25, -0.2) is 0 Å². The molecule has 2 amide bonds. The standard InChI is InChI=1S/C18H19ClN2O3S/c1-24-13-8-7-10(19)9-12(13)17(23)21-18-15(16(20)22)11-5-3-2-4-6-14(11)25-18/h7-9H,2-6H2,1H3,(H2,20,22)(H,21,23). The Morgan fingerprint density at radius 1 is 1.24 bits per heavy atom. The van der Waals surface area contributed by atoms with Crippen molar-refractivity contribution < 1.29 is 14.3 Å². The van der Waals surface area contributed by atoms with Crippen molar-refractivity contribution in [2.75, 3.05) is 12.4 Å². The Kier molecular flexibility index (Phi) is 5.30. The van der Waals surface area contributed by atoms with Gasteiger partial charge in [-0.1, -0.05) is 18.0 Å². The van der Waals surface area contributed by atoms with Crippen LogP contribution in [0.2, 0.25) is 5.02 Å². The van der Waals surface area contributed by atoms with Gasteiger partial charge in [-0.2, -0.15) is 0 Å². The minimum absolute atomic E-state index is 0.314. The zero-order valence-corrected chi connectivity index (χ0v) is 15.4. The predicted octanol–water partition coefficient (Wildman–Crippen LogP) is 4.03. The first-order valence-corrected chi connectivity index (χ1v) is 9.30. The van der Waals surface area contributed by atoms with E-state index in [4.69, 9.17) is 22.1 Å². The van der Waals surface area contributed by atoms with E-state index in [-0.39, 0.29) is 5.91 Å². The third-order valence-corrected chi connectivity index (χ3v) is 5.74. The first-order valence-electron chi connectivity index (χ1n) is 8.10. The van der Waals surface area contributed by atoms with E-state index in [1.807, 2.05) is 0 Å². The topological polar surface area (TPSA) is 81.4 Å². The van der Waals surface area contributed by atoms with Crippen molar-refractivity contribution in [1.82, 2.24) is 0 Å². The zero-order chi connectivity index (χ0) is 18.0. The fraction of sp³-hybridized carbons (Fsp3) is 0.333. The van der Waals surface area contributed by atoms with Gasteiger partial charge >= 0.3 is 0 Å². The maximum Gasteiger partial charge on any atom is 0.260 e. The van der Waals surface area contributed by atoms with E-state index in [1.165, 1.54) is 24.5 Å². The van der Waals surface area contributed by atoms with E-state index in [0.29, 0.717) is 26.9 Å². The molecule has 0 atom stereocenters. The minimum atomic E-state index is -0.507. The summed E-state index contributed by atoms with van der Waals surface area (Å²) in [5, 5.41) is 3.77. The SMILES string of the molecule is COc1ccc(Cl)cc1C(=O)Nc1sc2c(c1C(N)=O)CCCCC2. The number of hydrogen-bond donors (Lipinski definition) is 2. The second-order valence-corrected chi connectivity index (χ2v) is 7.47. The summed E-state index contributed by atoms with van der Waals surface area (Å²) in [6.45, 7) is 0. The smallest absolute Gasteiger partial charge is 0.260 e. The quantitative estimate of drug-likeness (QED) is 0.788. The Morgan fingerprint density at radius 2 is 2.00 bits per heavy atom. The van der Waals surface area contributed by atoms with Crippen LogP contribution >= 0.6 is 22.9 Å². The molecule has 7 heteroatoms. The minimum Gasteiger partial charge on any atom is -0.496 e. The van der Waals surface area contributed by atoms with E-state index < -0.39 is 5.91 Å². The predicted molar refractivity (Wildman–Crippen MR) is 100 cm³/mol. The Bertz CT molecular complexity index is 832. The molecular formula is C18H19ClN2O3S. The van der Waals surface area contributed by atoms with E-state index in [2.05, 4.69) is 5.32 Å². The van der Waals surface area contributed by atoms with Crippen molar-refractivity contribution in [3.8, 4) is 5.75 Å². The molecule has 0 radical (unpaired) electrons. The van der Waals surface area contributed by atoms with Crippen molar-refractivity contribution >= 4 is 39.8 Å². The highest BCUT2D eigenvalue weighted by molar-refractivity contribution is 7.17. The van der Waals surface area contributed by atoms with Gasteiger partial charge in [0.15, 0.2) is 0 Å². The molecule has 3 rings (SSSR count). The fourth-order valence-corrected chi connectivity index (χ4v) is 4.58. The first-order chi connectivity index (χ1) is 12.0. The van der Waals surface area contributed by atoms with Crippen LogP contribution in [0.4, 0.5) is 5.00 Å². The average Bonchev–Trinajstić information content (AvgIpc) is 2.76. The largest absolute Gasteiger partial charge is 0.496 e. The number of carbonyl (C=O) groups excluding carboxylic acids is 2. The van der Waals surface area contributed by atoms with Crippen LogP contribution < -0.4 is 15.8 Å². The molecule has 1 aromatic carbocycles. The summed E-state index contributed by atoms with van der Waals surface area (Å²) < 4.78 is 5.23. The van der Waals surface area contributed by atoms with E-state index in [1.54, 1.807) is 12.1 Å². The summed E-state index contributed by atoms with van der Waals surface area (Å²) in [4.78, 5) is 25.8. The van der Waals surface area contributed by atoms with Crippen LogP contribution in [-0.2, 0) is 12.8 Å². The molecule has 1 aliphatic rings. The van der Waals surface area contributed by atoms with Gasteiger partial charge in [-0.05, 0) is 49.4 Å². The molecule has 0 spiro atoms. The normalized spacial score (nSPS) is 13.7. The number of primary amides is 1. The van der Waals surface area contributed by atoms with E-state index >= 15 is 0 Å². The molecular weight excluding hydrogens is 360 g/mol. The molecule has 0 unspecified atom stereocenters. The number of methoxy groups -OCH3 is 1. The Morgan fingerprint density at radius 3 is 2.72 bits per heavy atom. The molecule has 3 N–H and O–H groups in total. The van der Waals surface area contributed by atoms with E-state index in [0.717, 1.165) is 42.5 Å². The number of carbonyl (C=O) groups is 2. The highest BCUT2D eigenvalue weighted by Crippen LogP contribution is 2.37. The van der Waals surface area contributed by atoms with Gasteiger partial charge < -0.3 is 15.8 Å². The number of anilines is 1. The van der Waals surface area contributed by atoms with E-state index in [9.17, 15) is 9.59 Å². The molecule has 1 aliphatic carbocycles. The third-order valence-electron chi connectivity index (χ3n) is 4.30. The van der Waals surface area contributed by atoms with Crippen LogP contribution in [0.1, 0.15) is 50.4 Å². The summed E-state index contributed by atoms with van der Waals surface area (Å²) in [5.41, 5.74) is 7.34. The maximum absolute atomic E-state index is 12.7. The van der Waals surface area contributed by atoms with Gasteiger partial charge in [-0.15, -0.1) is 11.3 Å². The van der Waals surface area contributed by atoms with Crippen LogP contribution in [-0.4, -0.2) is 18.9 Å². The summed E-state index contributed by atoms with van der Waals surface area (Å²) in [5.74, 6) is -0.466. The Labute approximate surface area is 155 Å². The molecule has 0 aliphatic heterocycles. The second kappa shape index (κ2) is 7.45. The number of aryl methyl sites for hydroxylation is 1. The number of nitrogens with two attached hydrogens (primary N) is 1. The van der Waals surface area contributed by atoms with Gasteiger partial charge in [0, 0.05) is 9.90 Å². The van der Waals surface area contributed by atoms with Crippen LogP contribution in [0.25, 0.3) is 0 Å². The number of hydrogen-bond acceptors (Lipinski definition) is 4. The molecule has 5 nitrogen and oxygen atoms in total. The molecule has 25 heavy (non-hydrogen) atoms. The lowest BCUT2D eigenvalue weighted by Gasteiger charge is -2.10. The van der Waals surface area contributed by atoms with Gasteiger partial charge in [-0.3, -0.25) is 9.59 Å². The van der Waals surface area contributed by atoms with Gasteiger partial charge in [0.2, 0.25) is 0 Å². The average molecular weight is 379 g/mol. The molecule has 0 bridgehead atoms. The molecule has 0 fully saturated rings. The molecule has 0 saturated carbocycles. The second-order valence-electron chi connectivity index (χ2n) is 5.93. The number of thiophene rings is 1. The van der Waals surface area contributed by atoms with Gasteiger partial charge in [0.05, 0.1) is 18.2 Å². The van der Waals surface area contributed by atoms with Gasteiger partial charge in [0.1, 0.15) is 10.8 Å². The molecule has 1 aromatic heterocycles. The van der Waals surface area contributed by atoms with Gasteiger partial charge in [0.25, 0.3) is 11.8 Å². The lowest BCUT2D eigenvalue weighted by molar-refractivity contribution is 0.100. The number of nitrogens with one attached hydrogen (secondary N) is 1. The van der Waals surface area contributed by atoms with Crippen LogP contribution in [0.15, 0.2) is 18.2 Å². The van der Waals surface area contributed by atoms with Crippen LogP contribution in [0.3, 0.4) is 0 Å². The summed E-state index contributed by atoms with van der Waals surface area (Å²) in [7, 11) is 1.49. The third kappa shape index (κ3) is 3.65. The Balaban J connectivity index is 1.97. The maximum atomic E-state index is 12.7. The molecule has 1 heterocycles. The van der Waals surface area contributed by atoms with Crippen molar-refractivity contribution in [1.29, 1.82) is 0 Å². The highest BCUT2D eigenvalue weighted by Gasteiger charge is 2.25. The molecule has 132 valence electrons. The number of ether oxygens (including phenoxy) is 1. The lowest BCUT2D eigenvalue weighted by Crippen LogP contribution is -2.18. The van der Waals surface area contributed by atoms with Crippen molar-refractivity contribution in [3.05, 3.63) is 44.8 Å². The number of rotatable bonds is 4. The number of halogens is 1. The van der Waals surface area contributed by atoms with Crippen molar-refractivity contribution in [2.24, 2.45) is 5.73 Å². The highest BCUT2D eigenvalue weighted by atomic mass is 35.5. The zero-order valence-electron chi connectivity index (χ0n) is 13.9. The van der Waals surface area contributed by atoms with Crippen molar-refractivity contribution in [2.45, 2.75) is 32.1 Å². The Hall–Kier alpha value is -2.05. The molecule has 0 saturated heterocycles. The van der Waals surface area contributed by atoms with Crippen LogP contribution in [0, 0.1) is 0 Å². The monoisotopic (exact) mass is 378 g/mol. The summed E-state index contributed by atoms with van der Waals surface area (Å²) in [6, 6.07) is 4.83. The first kappa shape index (κ1) is 17.8. The summed E-state index contributed by atoms with van der Waals surface area (Å²) in [6.07, 6.45) is 4.98. The van der Waals surface area contributed by atoms with Crippen molar-refractivity contribution in [3.63, 3.8) is 0 Å². The molecule has 2 aromatic rings. The lowest BCUT2D eigenvalue weighted by atomic mass is 10.1. The van der Waals surface area contributed by atoms with Crippen LogP contribution in [0.5, 0.6) is 5.75 Å². The summed E-state index contributed by atoms with van der Waals surface area (Å²) >= 11 is 7.43.